The number of ether oxygens (including phenoxy) is 1. The minimum atomic E-state index is 0.0287. The Kier molecular flexibility index (Phi) is 5.72. The highest BCUT2D eigenvalue weighted by Crippen LogP contribution is 2.32. The molecule has 6 nitrogen and oxygen atoms in total. The molecule has 2 aromatic carbocycles. The van der Waals surface area contributed by atoms with Crippen molar-refractivity contribution in [2.24, 2.45) is 5.10 Å². The van der Waals surface area contributed by atoms with Gasteiger partial charge in [0.2, 0.25) is 5.16 Å². The van der Waals surface area contributed by atoms with Crippen LogP contribution in [0.5, 0.6) is 11.5 Å². The third-order valence-electron chi connectivity index (χ3n) is 3.32. The molecule has 3 aromatic rings. The fourth-order valence-electron chi connectivity index (χ4n) is 2.09. The summed E-state index contributed by atoms with van der Waals surface area (Å²) in [4.78, 5) is 0. The van der Waals surface area contributed by atoms with Gasteiger partial charge in [-0.15, -0.1) is 10.2 Å². The van der Waals surface area contributed by atoms with E-state index in [4.69, 9.17) is 4.74 Å². The monoisotopic (exact) mass is 418 g/mol. The second-order valence-electron chi connectivity index (χ2n) is 5.02. The average Bonchev–Trinajstić information content (AvgIpc) is 3.08. The third-order valence-corrected chi connectivity index (χ3v) is 4.78. The van der Waals surface area contributed by atoms with Gasteiger partial charge >= 0.3 is 0 Å². The molecule has 128 valence electrons. The lowest BCUT2D eigenvalue weighted by Crippen LogP contribution is -1.94. The van der Waals surface area contributed by atoms with Gasteiger partial charge in [0.25, 0.3) is 0 Å². The SMILES string of the molecule is COc1cc(Br)cc(/C=N/n2cnnc2SCc2ccccc2)c1O. The van der Waals surface area contributed by atoms with Crippen molar-refractivity contribution in [3.05, 3.63) is 64.4 Å². The summed E-state index contributed by atoms with van der Waals surface area (Å²) in [5, 5.41) is 23.2. The molecule has 0 fully saturated rings. The van der Waals surface area contributed by atoms with Crippen LogP contribution >= 0.6 is 27.7 Å². The molecule has 0 unspecified atom stereocenters. The van der Waals surface area contributed by atoms with Gasteiger partial charge in [-0.1, -0.05) is 58.0 Å². The minimum absolute atomic E-state index is 0.0287. The van der Waals surface area contributed by atoms with E-state index in [1.165, 1.54) is 30.8 Å². The molecule has 0 aliphatic rings. The van der Waals surface area contributed by atoms with E-state index in [0.29, 0.717) is 16.5 Å². The lowest BCUT2D eigenvalue weighted by Gasteiger charge is -2.07. The van der Waals surface area contributed by atoms with Gasteiger partial charge in [-0.25, -0.2) is 0 Å². The van der Waals surface area contributed by atoms with Crippen molar-refractivity contribution in [3.8, 4) is 11.5 Å². The van der Waals surface area contributed by atoms with Crippen molar-refractivity contribution in [2.45, 2.75) is 10.9 Å². The zero-order valence-electron chi connectivity index (χ0n) is 13.3. The molecule has 0 spiro atoms. The van der Waals surface area contributed by atoms with E-state index in [1.807, 2.05) is 18.2 Å². The number of nitrogens with zero attached hydrogens (tertiary/aromatic N) is 4. The molecular formula is C17H15BrN4O2S. The van der Waals surface area contributed by atoms with Crippen LogP contribution in [0.2, 0.25) is 0 Å². The lowest BCUT2D eigenvalue weighted by molar-refractivity contribution is 0.373. The molecule has 8 heteroatoms. The van der Waals surface area contributed by atoms with Crippen molar-refractivity contribution in [1.82, 2.24) is 14.9 Å². The zero-order chi connectivity index (χ0) is 17.6. The van der Waals surface area contributed by atoms with Crippen LogP contribution in [-0.4, -0.2) is 33.3 Å². The predicted molar refractivity (Wildman–Crippen MR) is 101 cm³/mol. The van der Waals surface area contributed by atoms with Gasteiger partial charge < -0.3 is 9.84 Å². The van der Waals surface area contributed by atoms with Crippen molar-refractivity contribution >= 4 is 33.9 Å². The van der Waals surface area contributed by atoms with Crippen LogP contribution in [0.3, 0.4) is 0 Å². The number of methoxy groups -OCH3 is 1. The van der Waals surface area contributed by atoms with Gasteiger partial charge in [-0.05, 0) is 17.7 Å². The summed E-state index contributed by atoms with van der Waals surface area (Å²) in [6.07, 6.45) is 3.06. The van der Waals surface area contributed by atoms with E-state index in [0.717, 1.165) is 10.2 Å². The summed E-state index contributed by atoms with van der Waals surface area (Å²) in [5.74, 6) is 1.17. The second-order valence-corrected chi connectivity index (χ2v) is 6.88. The van der Waals surface area contributed by atoms with E-state index in [2.05, 4.69) is 43.4 Å². The molecule has 0 aliphatic heterocycles. The molecule has 25 heavy (non-hydrogen) atoms. The topological polar surface area (TPSA) is 72.5 Å². The van der Waals surface area contributed by atoms with Gasteiger partial charge in [0.05, 0.1) is 13.3 Å². The molecular weight excluding hydrogens is 404 g/mol. The number of aromatic hydroxyl groups is 1. The number of thioether (sulfide) groups is 1. The summed E-state index contributed by atoms with van der Waals surface area (Å²) in [6, 6.07) is 13.5. The smallest absolute Gasteiger partial charge is 0.212 e. The highest BCUT2D eigenvalue weighted by molar-refractivity contribution is 9.10. The predicted octanol–water partition coefficient (Wildman–Crippen LogP) is 3.93. The van der Waals surface area contributed by atoms with Crippen molar-refractivity contribution in [3.63, 3.8) is 0 Å². The highest BCUT2D eigenvalue weighted by atomic mass is 79.9. The Labute approximate surface area is 157 Å². The molecule has 3 rings (SSSR count). The van der Waals surface area contributed by atoms with Gasteiger partial charge in [-0.2, -0.15) is 9.78 Å². The zero-order valence-corrected chi connectivity index (χ0v) is 15.7. The summed E-state index contributed by atoms with van der Waals surface area (Å²) in [6.45, 7) is 0. The van der Waals surface area contributed by atoms with E-state index < -0.39 is 0 Å². The summed E-state index contributed by atoms with van der Waals surface area (Å²) >= 11 is 4.92. The Hall–Kier alpha value is -2.32. The Morgan fingerprint density at radius 1 is 1.32 bits per heavy atom. The van der Waals surface area contributed by atoms with Crippen LogP contribution in [-0.2, 0) is 5.75 Å². The van der Waals surface area contributed by atoms with E-state index in [9.17, 15) is 5.11 Å². The maximum absolute atomic E-state index is 10.2. The van der Waals surface area contributed by atoms with Crippen molar-refractivity contribution in [2.75, 3.05) is 7.11 Å². The minimum Gasteiger partial charge on any atom is -0.504 e. The second kappa shape index (κ2) is 8.17. The molecule has 0 bridgehead atoms. The molecule has 0 amide bonds. The number of rotatable bonds is 6. The molecule has 0 radical (unpaired) electrons. The number of hydrogen-bond donors (Lipinski definition) is 1. The van der Waals surface area contributed by atoms with Crippen molar-refractivity contribution in [1.29, 1.82) is 0 Å². The fourth-order valence-corrected chi connectivity index (χ4v) is 3.36. The summed E-state index contributed by atoms with van der Waals surface area (Å²) in [5.41, 5.74) is 1.72. The molecule has 1 heterocycles. The van der Waals surface area contributed by atoms with Crippen molar-refractivity contribution < 1.29 is 9.84 Å². The number of benzene rings is 2. The first-order chi connectivity index (χ1) is 12.2. The van der Waals surface area contributed by atoms with E-state index >= 15 is 0 Å². The maximum Gasteiger partial charge on any atom is 0.212 e. The number of aromatic nitrogens is 3. The van der Waals surface area contributed by atoms with E-state index in [-0.39, 0.29) is 5.75 Å². The number of hydrogen-bond acceptors (Lipinski definition) is 6. The van der Waals surface area contributed by atoms with Gasteiger partial charge in [-0.3, -0.25) is 0 Å². The third kappa shape index (κ3) is 4.40. The van der Waals surface area contributed by atoms with Crippen LogP contribution in [0.1, 0.15) is 11.1 Å². The quantitative estimate of drug-likeness (QED) is 0.484. The Morgan fingerprint density at radius 3 is 2.88 bits per heavy atom. The van der Waals surface area contributed by atoms with Crippen LogP contribution < -0.4 is 4.74 Å². The molecule has 1 aromatic heterocycles. The first-order valence-electron chi connectivity index (χ1n) is 7.35. The molecule has 0 atom stereocenters. The molecule has 0 saturated carbocycles. The number of phenolic OH excluding ortho intramolecular Hbond substituents is 1. The van der Waals surface area contributed by atoms with Crippen LogP contribution in [0.25, 0.3) is 0 Å². The lowest BCUT2D eigenvalue weighted by atomic mass is 10.2. The summed E-state index contributed by atoms with van der Waals surface area (Å²) in [7, 11) is 1.50. The van der Waals surface area contributed by atoms with Crippen LogP contribution in [0, 0.1) is 0 Å². The molecule has 0 saturated heterocycles. The van der Waals surface area contributed by atoms with Gasteiger partial charge in [0, 0.05) is 15.8 Å². The summed E-state index contributed by atoms with van der Waals surface area (Å²) < 4.78 is 7.49. The van der Waals surface area contributed by atoms with Gasteiger partial charge in [0.1, 0.15) is 6.33 Å². The Morgan fingerprint density at radius 2 is 2.12 bits per heavy atom. The highest BCUT2D eigenvalue weighted by Gasteiger charge is 2.09. The standard InChI is InChI=1S/C17H15BrN4O2S/c1-24-15-8-14(18)7-13(16(15)23)9-20-22-11-19-21-17(22)25-10-12-5-3-2-4-6-12/h2-9,11,23H,10H2,1H3/b20-9+. The molecule has 1 N–H and O–H groups in total. The van der Waals surface area contributed by atoms with Crippen LogP contribution in [0.4, 0.5) is 0 Å². The van der Waals surface area contributed by atoms with Crippen LogP contribution in [0.15, 0.2) is 63.5 Å². The maximum atomic E-state index is 10.2. The first kappa shape index (κ1) is 17.5. The Bertz CT molecular complexity index is 884. The molecule has 0 aliphatic carbocycles. The largest absolute Gasteiger partial charge is 0.504 e. The number of phenols is 1. The normalized spacial score (nSPS) is 11.1. The average molecular weight is 419 g/mol. The first-order valence-corrected chi connectivity index (χ1v) is 9.13. The Balaban J connectivity index is 1.77. The van der Waals surface area contributed by atoms with Gasteiger partial charge in [0.15, 0.2) is 11.5 Å². The fraction of sp³-hybridized carbons (Fsp3) is 0.118. The number of halogens is 1. The van der Waals surface area contributed by atoms with E-state index in [1.54, 1.807) is 23.0 Å².